The van der Waals surface area contributed by atoms with Gasteiger partial charge < -0.3 is 14.8 Å². The van der Waals surface area contributed by atoms with Gasteiger partial charge in [-0.15, -0.1) is 0 Å². The van der Waals surface area contributed by atoms with Gasteiger partial charge in [0.25, 0.3) is 5.91 Å². The zero-order valence-electron chi connectivity index (χ0n) is 15.6. The Bertz CT molecular complexity index is 1070. The molecule has 30 heavy (non-hydrogen) atoms. The van der Waals surface area contributed by atoms with Crippen molar-refractivity contribution in [1.82, 2.24) is 9.97 Å². The maximum atomic E-state index is 14.2. The van der Waals surface area contributed by atoms with Crippen LogP contribution < -0.4 is 5.32 Å². The highest BCUT2D eigenvalue weighted by Crippen LogP contribution is 2.30. The molecule has 4 rings (SSSR count). The van der Waals surface area contributed by atoms with Crippen LogP contribution in [0.25, 0.3) is 11.3 Å². The third kappa shape index (κ3) is 4.03. The number of aromatic nitrogens is 2. The molecule has 1 aromatic carbocycles. The van der Waals surface area contributed by atoms with Crippen LogP contribution in [0.15, 0.2) is 48.8 Å². The van der Waals surface area contributed by atoms with E-state index < -0.39 is 40.9 Å². The quantitative estimate of drug-likeness (QED) is 0.690. The summed E-state index contributed by atoms with van der Waals surface area (Å²) in [6.07, 6.45) is 3.04. The van der Waals surface area contributed by atoms with Gasteiger partial charge in [0.2, 0.25) is 0 Å². The number of pyridine rings is 2. The van der Waals surface area contributed by atoms with Gasteiger partial charge in [0.05, 0.1) is 30.7 Å². The van der Waals surface area contributed by atoms with E-state index in [1.165, 1.54) is 12.4 Å². The minimum Gasteiger partial charge on any atom is -0.348 e. The smallest absolute Gasteiger partial charge is 0.274 e. The second kappa shape index (κ2) is 8.60. The molecule has 3 aromatic rings. The lowest BCUT2D eigenvalue weighted by atomic mass is 10.1. The largest absolute Gasteiger partial charge is 0.348 e. The van der Waals surface area contributed by atoms with Crippen LogP contribution >= 0.6 is 0 Å². The van der Waals surface area contributed by atoms with Gasteiger partial charge in [-0.05, 0) is 36.8 Å². The number of halogens is 3. The fraction of sp³-hybridized carbons (Fsp3) is 0.190. The fourth-order valence-corrected chi connectivity index (χ4v) is 3.04. The minimum absolute atomic E-state index is 0.227. The van der Waals surface area contributed by atoms with Gasteiger partial charge in [0, 0.05) is 11.8 Å². The number of benzene rings is 1. The Morgan fingerprint density at radius 2 is 1.73 bits per heavy atom. The Labute approximate surface area is 169 Å². The van der Waals surface area contributed by atoms with Crippen LogP contribution in [0.3, 0.4) is 0 Å². The predicted octanol–water partition coefficient (Wildman–Crippen LogP) is 4.25. The molecule has 0 saturated carbocycles. The first kappa shape index (κ1) is 20.0. The first-order valence-electron chi connectivity index (χ1n) is 9.14. The molecule has 1 fully saturated rings. The number of anilines is 1. The van der Waals surface area contributed by atoms with Crippen LogP contribution in [-0.2, 0) is 9.47 Å². The Morgan fingerprint density at radius 1 is 1.00 bits per heavy atom. The van der Waals surface area contributed by atoms with Crippen LogP contribution in [0.5, 0.6) is 0 Å². The van der Waals surface area contributed by atoms with Gasteiger partial charge in [-0.2, -0.15) is 0 Å². The molecule has 0 atom stereocenters. The van der Waals surface area contributed by atoms with E-state index in [1.54, 1.807) is 6.07 Å². The highest BCUT2D eigenvalue weighted by atomic mass is 19.1. The lowest BCUT2D eigenvalue weighted by molar-refractivity contribution is -0.182. The average molecular weight is 415 g/mol. The summed E-state index contributed by atoms with van der Waals surface area (Å²) >= 11 is 0. The number of nitrogens with zero attached hydrogens (tertiary/aromatic N) is 2. The normalized spacial score (nSPS) is 14.5. The van der Waals surface area contributed by atoms with E-state index in [4.69, 9.17) is 9.47 Å². The van der Waals surface area contributed by atoms with Crippen LogP contribution in [0.1, 0.15) is 28.8 Å². The second-order valence-corrected chi connectivity index (χ2v) is 6.47. The Kier molecular flexibility index (Phi) is 5.73. The fourth-order valence-electron chi connectivity index (χ4n) is 3.04. The van der Waals surface area contributed by atoms with Gasteiger partial charge in [-0.3, -0.25) is 9.78 Å². The van der Waals surface area contributed by atoms with Crippen molar-refractivity contribution in [3.8, 4) is 11.3 Å². The van der Waals surface area contributed by atoms with E-state index in [1.807, 2.05) is 0 Å². The predicted molar refractivity (Wildman–Crippen MR) is 101 cm³/mol. The van der Waals surface area contributed by atoms with Gasteiger partial charge >= 0.3 is 0 Å². The summed E-state index contributed by atoms with van der Waals surface area (Å²) in [4.78, 5) is 20.6. The Balaban J connectivity index is 1.64. The lowest BCUT2D eigenvalue weighted by Gasteiger charge is -2.25. The van der Waals surface area contributed by atoms with Gasteiger partial charge in [0.15, 0.2) is 6.29 Å². The van der Waals surface area contributed by atoms with E-state index in [2.05, 4.69) is 15.3 Å². The first-order chi connectivity index (χ1) is 14.5. The molecule has 6 nitrogen and oxygen atoms in total. The molecule has 3 heterocycles. The molecule has 154 valence electrons. The first-order valence-corrected chi connectivity index (χ1v) is 9.14. The van der Waals surface area contributed by atoms with E-state index in [9.17, 15) is 18.0 Å². The molecule has 0 bridgehead atoms. The van der Waals surface area contributed by atoms with Crippen LogP contribution in [0.2, 0.25) is 0 Å². The van der Waals surface area contributed by atoms with E-state index in [-0.39, 0.29) is 5.69 Å². The molecular formula is C21H16F3N3O3. The van der Waals surface area contributed by atoms with Crippen molar-refractivity contribution < 1.29 is 27.4 Å². The number of hydrogen-bond donors (Lipinski definition) is 1. The van der Waals surface area contributed by atoms with E-state index in [0.29, 0.717) is 24.5 Å². The Hall–Kier alpha value is -3.30. The number of rotatable bonds is 4. The van der Waals surface area contributed by atoms with Crippen molar-refractivity contribution in [3.05, 3.63) is 77.5 Å². The van der Waals surface area contributed by atoms with Crippen molar-refractivity contribution in [2.45, 2.75) is 12.7 Å². The van der Waals surface area contributed by atoms with Crippen LogP contribution in [0.4, 0.5) is 18.9 Å². The number of carbonyl (C=O) groups is 1. The summed E-state index contributed by atoms with van der Waals surface area (Å²) < 4.78 is 53.5. The standard InChI is InChI=1S/C21H16F3N3O3/c22-13-3-1-4-14(23)18(13)19-15(24)5-6-16(26-19)20(28)27-17-11-25-8-7-12(17)21-29-9-2-10-30-21/h1,3-8,11,21H,2,9-10H2,(H,27,28). The van der Waals surface area contributed by atoms with Crippen molar-refractivity contribution in [2.75, 3.05) is 18.5 Å². The van der Waals surface area contributed by atoms with Crippen molar-refractivity contribution in [3.63, 3.8) is 0 Å². The van der Waals surface area contributed by atoms with Crippen molar-refractivity contribution >= 4 is 11.6 Å². The molecule has 0 unspecified atom stereocenters. The summed E-state index contributed by atoms with van der Waals surface area (Å²) in [5.74, 6) is -3.64. The summed E-state index contributed by atoms with van der Waals surface area (Å²) in [6.45, 7) is 1.02. The molecule has 0 spiro atoms. The zero-order valence-corrected chi connectivity index (χ0v) is 15.6. The maximum absolute atomic E-state index is 14.2. The van der Waals surface area contributed by atoms with E-state index >= 15 is 0 Å². The molecule has 0 aliphatic carbocycles. The molecule has 2 aromatic heterocycles. The summed E-state index contributed by atoms with van der Waals surface area (Å²) in [5.41, 5.74) is -0.589. The number of hydrogen-bond acceptors (Lipinski definition) is 5. The number of nitrogens with one attached hydrogen (secondary N) is 1. The van der Waals surface area contributed by atoms with Crippen LogP contribution in [-0.4, -0.2) is 29.1 Å². The molecule has 0 radical (unpaired) electrons. The molecule has 9 heteroatoms. The molecular weight excluding hydrogens is 399 g/mol. The highest BCUT2D eigenvalue weighted by molar-refractivity contribution is 6.03. The molecule has 1 aliphatic heterocycles. The second-order valence-electron chi connectivity index (χ2n) is 6.47. The van der Waals surface area contributed by atoms with Gasteiger partial charge in [-0.1, -0.05) is 6.07 Å². The molecule has 1 aliphatic rings. The SMILES string of the molecule is O=C(Nc1cnccc1C1OCCCO1)c1ccc(F)c(-c2c(F)cccc2F)n1. The third-order valence-electron chi connectivity index (χ3n) is 4.46. The monoisotopic (exact) mass is 415 g/mol. The highest BCUT2D eigenvalue weighted by Gasteiger charge is 2.23. The van der Waals surface area contributed by atoms with Gasteiger partial charge in [0.1, 0.15) is 28.8 Å². The topological polar surface area (TPSA) is 73.3 Å². The van der Waals surface area contributed by atoms with E-state index in [0.717, 1.165) is 36.8 Å². The number of ether oxygens (including phenoxy) is 2. The summed E-state index contributed by atoms with van der Waals surface area (Å²) in [5, 5.41) is 2.62. The van der Waals surface area contributed by atoms with Gasteiger partial charge in [-0.25, -0.2) is 18.2 Å². The summed E-state index contributed by atoms with van der Waals surface area (Å²) in [6, 6.07) is 6.82. The number of amides is 1. The maximum Gasteiger partial charge on any atom is 0.274 e. The van der Waals surface area contributed by atoms with Crippen LogP contribution in [0, 0.1) is 17.5 Å². The molecule has 1 saturated heterocycles. The zero-order chi connectivity index (χ0) is 21.1. The lowest BCUT2D eigenvalue weighted by Crippen LogP contribution is -2.21. The molecule has 1 N–H and O–H groups in total. The Morgan fingerprint density at radius 3 is 2.47 bits per heavy atom. The van der Waals surface area contributed by atoms with Crippen molar-refractivity contribution in [1.29, 1.82) is 0 Å². The third-order valence-corrected chi connectivity index (χ3v) is 4.46. The molecule has 1 amide bonds. The minimum atomic E-state index is -0.986. The van der Waals surface area contributed by atoms with Crippen molar-refractivity contribution in [2.24, 2.45) is 0 Å². The summed E-state index contributed by atoms with van der Waals surface area (Å²) in [7, 11) is 0. The number of carbonyl (C=O) groups excluding carboxylic acids is 1. The average Bonchev–Trinajstić information content (AvgIpc) is 2.76.